The molecular weight excluding hydrogens is 767 g/mol. The van der Waals surface area contributed by atoms with Gasteiger partial charge in [-0.15, -0.1) is 0 Å². The van der Waals surface area contributed by atoms with Gasteiger partial charge in [0.25, 0.3) is 0 Å². The van der Waals surface area contributed by atoms with Crippen LogP contribution >= 0.6 is 0 Å². The Balaban J connectivity index is 2.26. The molecule has 0 aromatic heterocycles. The van der Waals surface area contributed by atoms with Crippen LogP contribution in [-0.2, 0) is 14.3 Å². The Bertz CT molecular complexity index is 1220. The van der Waals surface area contributed by atoms with Gasteiger partial charge in [-0.25, -0.2) is 0 Å². The average molecular weight is 856 g/mol. The molecule has 1 fully saturated rings. The van der Waals surface area contributed by atoms with Crippen LogP contribution in [0.1, 0.15) is 181 Å². The highest BCUT2D eigenvalue weighted by atomic mass is 16.7. The Hall–Kier alpha value is -2.63. The van der Waals surface area contributed by atoms with E-state index in [0.29, 0.717) is 6.42 Å². The number of allylic oxidation sites excluding steroid dienone is 13. The molecule has 0 radical (unpaired) electrons. The smallest absolute Gasteiger partial charge is 0.220 e. The molecule has 0 spiro atoms. The van der Waals surface area contributed by atoms with Gasteiger partial charge < -0.3 is 40.3 Å². The van der Waals surface area contributed by atoms with Crippen molar-refractivity contribution in [2.24, 2.45) is 0 Å². The van der Waals surface area contributed by atoms with Crippen molar-refractivity contribution in [3.63, 3.8) is 0 Å². The number of aliphatic hydroxyl groups is 5. The lowest BCUT2D eigenvalue weighted by molar-refractivity contribution is -0.302. The first-order chi connectivity index (χ1) is 29.8. The van der Waals surface area contributed by atoms with Crippen molar-refractivity contribution in [3.8, 4) is 0 Å². The summed E-state index contributed by atoms with van der Waals surface area (Å²) < 4.78 is 11.2. The van der Waals surface area contributed by atoms with Crippen LogP contribution < -0.4 is 5.32 Å². The largest absolute Gasteiger partial charge is 0.394 e. The summed E-state index contributed by atoms with van der Waals surface area (Å²) in [5.74, 6) is -0.191. The molecule has 6 N–H and O–H groups in total. The summed E-state index contributed by atoms with van der Waals surface area (Å²) in [7, 11) is 0. The first kappa shape index (κ1) is 56.4. The molecule has 0 aliphatic carbocycles. The lowest BCUT2D eigenvalue weighted by Crippen LogP contribution is -2.60. The highest BCUT2D eigenvalue weighted by Gasteiger charge is 2.44. The molecule has 7 unspecified atom stereocenters. The van der Waals surface area contributed by atoms with E-state index >= 15 is 0 Å². The third-order valence-corrected chi connectivity index (χ3v) is 11.0. The van der Waals surface area contributed by atoms with E-state index in [1.807, 2.05) is 6.08 Å². The van der Waals surface area contributed by atoms with Gasteiger partial charge in [0.05, 0.1) is 25.4 Å². The normalized spacial score (nSPS) is 21.2. The van der Waals surface area contributed by atoms with E-state index in [4.69, 9.17) is 9.47 Å². The van der Waals surface area contributed by atoms with Crippen LogP contribution in [-0.4, -0.2) is 87.5 Å². The SMILES string of the molecule is CC/C=C\C/C=C\C/C=C\C/C=C\C/C=C\C/C=C\CCCCCCCCCCC(=O)NC(COC1OC(CO)C(O)C(O)C1O)C(O)/C=C/CCCCCCCCCCC. The average Bonchev–Trinajstić information content (AvgIpc) is 3.26. The Kier molecular flexibility index (Phi) is 38.3. The van der Waals surface area contributed by atoms with Crippen LogP contribution in [0.2, 0.25) is 0 Å². The molecule has 0 aromatic rings. The minimum atomic E-state index is -1.57. The van der Waals surface area contributed by atoms with Crippen molar-refractivity contribution >= 4 is 5.91 Å². The molecule has 0 saturated carbocycles. The van der Waals surface area contributed by atoms with Crippen LogP contribution in [0.25, 0.3) is 0 Å². The number of hydrogen-bond donors (Lipinski definition) is 6. The van der Waals surface area contributed by atoms with Crippen LogP contribution in [0, 0.1) is 0 Å². The molecule has 1 heterocycles. The van der Waals surface area contributed by atoms with Gasteiger partial charge in [0.2, 0.25) is 5.91 Å². The second-order valence-corrected chi connectivity index (χ2v) is 16.5. The first-order valence-electron chi connectivity index (χ1n) is 24.3. The van der Waals surface area contributed by atoms with Crippen LogP contribution in [0.5, 0.6) is 0 Å². The van der Waals surface area contributed by atoms with E-state index in [9.17, 15) is 30.3 Å². The molecule has 9 nitrogen and oxygen atoms in total. The zero-order chi connectivity index (χ0) is 44.4. The van der Waals surface area contributed by atoms with Gasteiger partial charge in [-0.1, -0.05) is 189 Å². The fourth-order valence-corrected chi connectivity index (χ4v) is 7.10. The second kappa shape index (κ2) is 41.4. The van der Waals surface area contributed by atoms with Crippen molar-refractivity contribution in [1.82, 2.24) is 5.32 Å². The molecular formula is C52H89NO8. The minimum Gasteiger partial charge on any atom is -0.394 e. The minimum absolute atomic E-state index is 0.191. The van der Waals surface area contributed by atoms with Crippen molar-refractivity contribution in [1.29, 1.82) is 0 Å². The van der Waals surface area contributed by atoms with Crippen molar-refractivity contribution in [2.45, 2.75) is 224 Å². The molecule has 1 saturated heterocycles. The van der Waals surface area contributed by atoms with Gasteiger partial charge in [0, 0.05) is 6.42 Å². The van der Waals surface area contributed by atoms with Crippen molar-refractivity contribution in [2.75, 3.05) is 13.2 Å². The Morgan fingerprint density at radius 3 is 1.51 bits per heavy atom. The van der Waals surface area contributed by atoms with Crippen LogP contribution in [0.15, 0.2) is 85.1 Å². The van der Waals surface area contributed by atoms with E-state index in [1.165, 1.54) is 70.6 Å². The third-order valence-electron chi connectivity index (χ3n) is 11.0. The lowest BCUT2D eigenvalue weighted by atomic mass is 9.99. The van der Waals surface area contributed by atoms with Crippen molar-refractivity contribution < 1.29 is 39.8 Å². The Morgan fingerprint density at radius 1 is 0.574 bits per heavy atom. The predicted molar refractivity (Wildman–Crippen MR) is 253 cm³/mol. The molecule has 7 atom stereocenters. The fraction of sp³-hybridized carbons (Fsp3) is 0.712. The van der Waals surface area contributed by atoms with Gasteiger partial charge in [-0.05, 0) is 70.6 Å². The molecule has 61 heavy (non-hydrogen) atoms. The summed E-state index contributed by atoms with van der Waals surface area (Å²) >= 11 is 0. The summed E-state index contributed by atoms with van der Waals surface area (Å²) in [5.41, 5.74) is 0. The molecule has 0 aromatic carbocycles. The van der Waals surface area contributed by atoms with E-state index in [1.54, 1.807) is 6.08 Å². The maximum atomic E-state index is 13.0. The number of rotatable bonds is 39. The maximum Gasteiger partial charge on any atom is 0.220 e. The summed E-state index contributed by atoms with van der Waals surface area (Å²) in [4.78, 5) is 13.0. The summed E-state index contributed by atoms with van der Waals surface area (Å²) in [6, 6.07) is -0.813. The highest BCUT2D eigenvalue weighted by molar-refractivity contribution is 5.76. The zero-order valence-corrected chi connectivity index (χ0v) is 38.4. The Morgan fingerprint density at radius 2 is 1.02 bits per heavy atom. The Labute approximate surface area is 371 Å². The molecule has 9 heteroatoms. The second-order valence-electron chi connectivity index (χ2n) is 16.5. The fourth-order valence-electron chi connectivity index (χ4n) is 7.10. The van der Waals surface area contributed by atoms with Gasteiger partial charge >= 0.3 is 0 Å². The van der Waals surface area contributed by atoms with Crippen molar-refractivity contribution in [3.05, 3.63) is 85.1 Å². The number of nitrogens with one attached hydrogen (secondary N) is 1. The van der Waals surface area contributed by atoms with E-state index in [0.717, 1.165) is 89.9 Å². The van der Waals surface area contributed by atoms with E-state index in [-0.39, 0.29) is 12.5 Å². The number of unbranched alkanes of at least 4 members (excludes halogenated alkanes) is 17. The van der Waals surface area contributed by atoms with Gasteiger partial charge in [0.15, 0.2) is 6.29 Å². The molecule has 1 rings (SSSR count). The number of amides is 1. The molecule has 1 amide bonds. The number of hydrogen-bond acceptors (Lipinski definition) is 8. The molecule has 1 aliphatic heterocycles. The van der Waals surface area contributed by atoms with E-state index in [2.05, 4.69) is 92.1 Å². The summed E-state index contributed by atoms with van der Waals surface area (Å²) in [5, 5.41) is 54.2. The predicted octanol–water partition coefficient (Wildman–Crippen LogP) is 10.7. The topological polar surface area (TPSA) is 149 Å². The van der Waals surface area contributed by atoms with Gasteiger partial charge in [-0.3, -0.25) is 4.79 Å². The lowest BCUT2D eigenvalue weighted by Gasteiger charge is -2.40. The summed E-state index contributed by atoms with van der Waals surface area (Å²) in [6.45, 7) is 3.62. The third kappa shape index (κ3) is 31.8. The van der Waals surface area contributed by atoms with Gasteiger partial charge in [-0.2, -0.15) is 0 Å². The first-order valence-corrected chi connectivity index (χ1v) is 24.3. The number of carbonyl (C=O) groups is 1. The molecule has 350 valence electrons. The molecule has 0 bridgehead atoms. The monoisotopic (exact) mass is 856 g/mol. The molecule has 1 aliphatic rings. The standard InChI is InChI=1S/C52H89NO8/c1-3-5-7-9-11-13-15-16-17-18-19-20-21-22-23-24-25-26-27-28-29-30-32-34-36-38-40-42-48(56)53-45(44-60-52-51(59)50(58)49(57)47(43-54)61-52)46(55)41-39-37-35-33-31-14-12-10-8-6-4-2/h5,7,11,13,16-17,19-20,22-23,25-26,39,41,45-47,49-52,54-55,57-59H,3-4,6,8-10,12,14-15,18,21,24,27-38,40,42-44H2,1-2H3,(H,53,56)/b7-5-,13-11-,17-16-,20-19-,23-22-,26-25-,41-39+. The maximum absolute atomic E-state index is 13.0. The zero-order valence-electron chi connectivity index (χ0n) is 38.4. The van der Waals surface area contributed by atoms with E-state index < -0.39 is 49.5 Å². The van der Waals surface area contributed by atoms with Crippen LogP contribution in [0.4, 0.5) is 0 Å². The summed E-state index contributed by atoms with van der Waals surface area (Å²) in [6.07, 6.45) is 50.6. The van der Waals surface area contributed by atoms with Crippen LogP contribution in [0.3, 0.4) is 0 Å². The van der Waals surface area contributed by atoms with Gasteiger partial charge in [0.1, 0.15) is 24.4 Å². The number of ether oxygens (including phenoxy) is 2. The highest BCUT2D eigenvalue weighted by Crippen LogP contribution is 2.22. The number of aliphatic hydroxyl groups excluding tert-OH is 5. The number of carbonyl (C=O) groups excluding carboxylic acids is 1. The quantitative estimate of drug-likeness (QED) is 0.0264.